The van der Waals surface area contributed by atoms with Gasteiger partial charge in [-0.1, -0.05) is 18.6 Å². The summed E-state index contributed by atoms with van der Waals surface area (Å²) in [5.41, 5.74) is 1.93. The van der Waals surface area contributed by atoms with Crippen LogP contribution in [-0.4, -0.2) is 31.6 Å². The summed E-state index contributed by atoms with van der Waals surface area (Å²) in [6.07, 6.45) is 1.04. The van der Waals surface area contributed by atoms with Gasteiger partial charge in [-0.15, -0.1) is 0 Å². The van der Waals surface area contributed by atoms with E-state index in [0.29, 0.717) is 19.0 Å². The average molecular weight is 287 g/mol. The predicted octanol–water partition coefficient (Wildman–Crippen LogP) is 2.94. The lowest BCUT2D eigenvalue weighted by molar-refractivity contribution is 0.0865. The topological polar surface area (TPSA) is 51.5 Å². The SMILES string of the molecule is CCCNC1COCC1C(=O)c1cc2cc(C)ccc2o1. The molecule has 2 aromatic rings. The maximum Gasteiger partial charge on any atom is 0.205 e. The van der Waals surface area contributed by atoms with E-state index in [-0.39, 0.29) is 17.7 Å². The smallest absolute Gasteiger partial charge is 0.205 e. The highest BCUT2D eigenvalue weighted by molar-refractivity contribution is 5.99. The highest BCUT2D eigenvalue weighted by Crippen LogP contribution is 2.25. The largest absolute Gasteiger partial charge is 0.453 e. The summed E-state index contributed by atoms with van der Waals surface area (Å²) in [6.45, 7) is 6.10. The first-order valence-electron chi connectivity index (χ1n) is 7.54. The summed E-state index contributed by atoms with van der Waals surface area (Å²) < 4.78 is 11.2. The van der Waals surface area contributed by atoms with Gasteiger partial charge in [0.05, 0.1) is 19.1 Å². The number of ether oxygens (including phenoxy) is 1. The molecule has 4 nitrogen and oxygen atoms in total. The molecule has 2 heterocycles. The van der Waals surface area contributed by atoms with E-state index in [2.05, 4.69) is 12.2 Å². The van der Waals surface area contributed by atoms with Crippen LogP contribution in [0.25, 0.3) is 11.0 Å². The van der Waals surface area contributed by atoms with E-state index in [1.54, 1.807) is 0 Å². The number of rotatable bonds is 5. The van der Waals surface area contributed by atoms with E-state index in [4.69, 9.17) is 9.15 Å². The van der Waals surface area contributed by atoms with E-state index in [9.17, 15) is 4.79 Å². The molecule has 0 spiro atoms. The van der Waals surface area contributed by atoms with Crippen molar-refractivity contribution in [1.82, 2.24) is 5.32 Å². The molecular weight excluding hydrogens is 266 g/mol. The van der Waals surface area contributed by atoms with Crippen molar-refractivity contribution in [2.75, 3.05) is 19.8 Å². The fourth-order valence-corrected chi connectivity index (χ4v) is 2.81. The third-order valence-electron chi connectivity index (χ3n) is 3.99. The second-order valence-electron chi connectivity index (χ2n) is 5.72. The molecule has 1 aliphatic rings. The molecule has 0 amide bonds. The quantitative estimate of drug-likeness (QED) is 0.859. The van der Waals surface area contributed by atoms with Crippen molar-refractivity contribution in [2.45, 2.75) is 26.3 Å². The molecule has 1 fully saturated rings. The fourth-order valence-electron chi connectivity index (χ4n) is 2.81. The molecule has 0 radical (unpaired) electrons. The Bertz CT molecular complexity index is 647. The van der Waals surface area contributed by atoms with E-state index < -0.39 is 0 Å². The minimum atomic E-state index is -0.154. The molecule has 2 atom stereocenters. The van der Waals surface area contributed by atoms with Gasteiger partial charge in [0.25, 0.3) is 0 Å². The molecule has 1 aliphatic heterocycles. The molecule has 2 unspecified atom stereocenters. The minimum Gasteiger partial charge on any atom is -0.453 e. The zero-order valence-corrected chi connectivity index (χ0v) is 12.5. The third kappa shape index (κ3) is 2.87. The van der Waals surface area contributed by atoms with Crippen molar-refractivity contribution in [3.8, 4) is 0 Å². The van der Waals surface area contributed by atoms with Gasteiger partial charge >= 0.3 is 0 Å². The van der Waals surface area contributed by atoms with Gasteiger partial charge in [-0.2, -0.15) is 0 Å². The molecular formula is C17H21NO3. The van der Waals surface area contributed by atoms with Gasteiger partial charge in [-0.3, -0.25) is 4.79 Å². The number of hydrogen-bond acceptors (Lipinski definition) is 4. The molecule has 1 saturated heterocycles. The summed E-state index contributed by atoms with van der Waals surface area (Å²) in [5.74, 6) is 0.322. The molecule has 3 rings (SSSR count). The van der Waals surface area contributed by atoms with Crippen LogP contribution in [0.2, 0.25) is 0 Å². The molecule has 1 N–H and O–H groups in total. The van der Waals surface area contributed by atoms with Gasteiger partial charge in [-0.25, -0.2) is 0 Å². The number of nitrogens with one attached hydrogen (secondary N) is 1. The Labute approximate surface area is 124 Å². The molecule has 0 saturated carbocycles. The summed E-state index contributed by atoms with van der Waals surface area (Å²) in [4.78, 5) is 12.7. The Kier molecular flexibility index (Phi) is 4.08. The Balaban J connectivity index is 1.82. The number of carbonyl (C=O) groups is 1. The Hall–Kier alpha value is -1.65. The zero-order chi connectivity index (χ0) is 14.8. The van der Waals surface area contributed by atoms with E-state index in [1.807, 2.05) is 31.2 Å². The number of benzene rings is 1. The van der Waals surface area contributed by atoms with E-state index in [1.165, 1.54) is 0 Å². The number of fused-ring (bicyclic) bond motifs is 1. The highest BCUT2D eigenvalue weighted by atomic mass is 16.5. The van der Waals surface area contributed by atoms with Crippen molar-refractivity contribution < 1.29 is 13.9 Å². The van der Waals surface area contributed by atoms with Crippen LogP contribution < -0.4 is 5.32 Å². The second-order valence-corrected chi connectivity index (χ2v) is 5.72. The minimum absolute atomic E-state index is 0.0370. The van der Waals surface area contributed by atoms with Crippen molar-refractivity contribution in [3.63, 3.8) is 0 Å². The second kappa shape index (κ2) is 6.00. The predicted molar refractivity (Wildman–Crippen MR) is 81.7 cm³/mol. The van der Waals surface area contributed by atoms with Gasteiger partial charge in [0.2, 0.25) is 5.78 Å². The third-order valence-corrected chi connectivity index (χ3v) is 3.99. The first kappa shape index (κ1) is 14.3. The molecule has 112 valence electrons. The molecule has 0 bridgehead atoms. The monoisotopic (exact) mass is 287 g/mol. The van der Waals surface area contributed by atoms with Crippen LogP contribution in [0.1, 0.15) is 29.5 Å². The molecule has 21 heavy (non-hydrogen) atoms. The fraction of sp³-hybridized carbons (Fsp3) is 0.471. The van der Waals surface area contributed by atoms with Gasteiger partial charge in [0, 0.05) is 11.4 Å². The zero-order valence-electron chi connectivity index (χ0n) is 12.5. The van der Waals surface area contributed by atoms with Gasteiger partial charge in [-0.05, 0) is 38.1 Å². The first-order valence-corrected chi connectivity index (χ1v) is 7.54. The molecule has 1 aromatic heterocycles. The number of ketones is 1. The Morgan fingerprint density at radius 3 is 3.00 bits per heavy atom. The summed E-state index contributed by atoms with van der Waals surface area (Å²) in [5, 5.41) is 4.37. The normalized spacial score (nSPS) is 22.0. The van der Waals surface area contributed by atoms with Crippen LogP contribution >= 0.6 is 0 Å². The van der Waals surface area contributed by atoms with Crippen LogP contribution in [0.3, 0.4) is 0 Å². The highest BCUT2D eigenvalue weighted by Gasteiger charge is 2.35. The lowest BCUT2D eigenvalue weighted by atomic mass is 9.96. The number of aryl methyl sites for hydroxylation is 1. The van der Waals surface area contributed by atoms with E-state index >= 15 is 0 Å². The van der Waals surface area contributed by atoms with Crippen LogP contribution in [-0.2, 0) is 4.74 Å². The molecule has 4 heteroatoms. The average Bonchev–Trinajstić information content (AvgIpc) is 3.10. The number of Topliss-reactive ketones (excluding diaryl/α,β-unsaturated/α-hetero) is 1. The van der Waals surface area contributed by atoms with Crippen molar-refractivity contribution in [3.05, 3.63) is 35.6 Å². The lowest BCUT2D eigenvalue weighted by Gasteiger charge is -2.16. The number of furan rings is 1. The van der Waals surface area contributed by atoms with Crippen molar-refractivity contribution >= 4 is 16.8 Å². The Morgan fingerprint density at radius 2 is 2.19 bits per heavy atom. The number of carbonyl (C=O) groups excluding carboxylic acids is 1. The maximum atomic E-state index is 12.7. The standard InChI is InChI=1S/C17H21NO3/c1-3-6-18-14-10-20-9-13(14)17(19)16-8-12-7-11(2)4-5-15(12)21-16/h4-5,7-8,13-14,18H,3,6,9-10H2,1-2H3. The van der Waals surface area contributed by atoms with E-state index in [0.717, 1.165) is 29.5 Å². The van der Waals surface area contributed by atoms with Crippen LogP contribution in [0, 0.1) is 12.8 Å². The van der Waals surface area contributed by atoms with Crippen molar-refractivity contribution in [2.24, 2.45) is 5.92 Å². The summed E-state index contributed by atoms with van der Waals surface area (Å²) in [7, 11) is 0. The van der Waals surface area contributed by atoms with Crippen LogP contribution in [0.15, 0.2) is 28.7 Å². The van der Waals surface area contributed by atoms with Crippen molar-refractivity contribution in [1.29, 1.82) is 0 Å². The van der Waals surface area contributed by atoms with Gasteiger partial charge < -0.3 is 14.5 Å². The van der Waals surface area contributed by atoms with Gasteiger partial charge in [0.15, 0.2) is 5.76 Å². The van der Waals surface area contributed by atoms with Gasteiger partial charge in [0.1, 0.15) is 5.58 Å². The first-order chi connectivity index (χ1) is 10.2. The summed E-state index contributed by atoms with van der Waals surface area (Å²) >= 11 is 0. The molecule has 0 aliphatic carbocycles. The van der Waals surface area contributed by atoms with Crippen LogP contribution in [0.4, 0.5) is 0 Å². The Morgan fingerprint density at radius 1 is 1.33 bits per heavy atom. The summed E-state index contributed by atoms with van der Waals surface area (Å²) in [6, 6.07) is 7.88. The maximum absolute atomic E-state index is 12.7. The number of hydrogen-bond donors (Lipinski definition) is 1. The lowest BCUT2D eigenvalue weighted by Crippen LogP contribution is -2.39. The molecule has 1 aromatic carbocycles. The van der Waals surface area contributed by atoms with Crippen LogP contribution in [0.5, 0.6) is 0 Å².